The summed E-state index contributed by atoms with van der Waals surface area (Å²) in [5, 5.41) is 11.3. The van der Waals surface area contributed by atoms with Gasteiger partial charge in [-0.15, -0.1) is 0 Å². The van der Waals surface area contributed by atoms with Crippen LogP contribution >= 0.6 is 0 Å². The van der Waals surface area contributed by atoms with Crippen LogP contribution in [0.3, 0.4) is 0 Å². The maximum absolute atomic E-state index is 12.0. The fourth-order valence-electron chi connectivity index (χ4n) is 2.31. The van der Waals surface area contributed by atoms with Crippen molar-refractivity contribution >= 4 is 17.5 Å². The number of hydrogen-bond donors (Lipinski definition) is 2. The third kappa shape index (κ3) is 2.93. The topological polar surface area (TPSA) is 69.6 Å². The van der Waals surface area contributed by atoms with Crippen molar-refractivity contribution in [3.8, 4) is 0 Å². The molecule has 0 radical (unpaired) electrons. The molecule has 1 heterocycles. The summed E-state index contributed by atoms with van der Waals surface area (Å²) in [5.74, 6) is -0.532. The maximum atomic E-state index is 12.0. The van der Waals surface area contributed by atoms with Gasteiger partial charge in [0.05, 0.1) is 12.5 Å². The average Bonchev–Trinajstić information content (AvgIpc) is 2.78. The van der Waals surface area contributed by atoms with Gasteiger partial charge in [0, 0.05) is 25.2 Å². The van der Waals surface area contributed by atoms with Gasteiger partial charge >= 0.3 is 0 Å². The zero-order valence-electron chi connectivity index (χ0n) is 10.9. The molecule has 1 atom stereocenters. The summed E-state index contributed by atoms with van der Waals surface area (Å²) in [6.45, 7) is 2.49. The quantitative estimate of drug-likeness (QED) is 0.828. The number of nitrogens with one attached hydrogen (secondary N) is 1. The van der Waals surface area contributed by atoms with E-state index in [1.165, 1.54) is 0 Å². The lowest BCUT2D eigenvalue weighted by Crippen LogP contribution is -2.34. The minimum atomic E-state index is -0.335. The highest BCUT2D eigenvalue weighted by Crippen LogP contribution is 2.27. The molecule has 2 amide bonds. The maximum Gasteiger partial charge on any atom is 0.227 e. The Bertz CT molecular complexity index is 487. The normalized spacial score (nSPS) is 18.7. The lowest BCUT2D eigenvalue weighted by atomic mass is 10.1. The monoisotopic (exact) mass is 262 g/mol. The van der Waals surface area contributed by atoms with E-state index in [9.17, 15) is 9.59 Å². The van der Waals surface area contributed by atoms with Crippen LogP contribution in [0, 0.1) is 12.8 Å². The van der Waals surface area contributed by atoms with Crippen molar-refractivity contribution < 1.29 is 14.7 Å². The molecular formula is C14H18N2O3. The number of para-hydroxylation sites is 1. The first-order valence-corrected chi connectivity index (χ1v) is 6.38. The van der Waals surface area contributed by atoms with E-state index < -0.39 is 0 Å². The first-order valence-electron chi connectivity index (χ1n) is 6.38. The lowest BCUT2D eigenvalue weighted by Gasteiger charge is -2.18. The molecule has 0 spiro atoms. The summed E-state index contributed by atoms with van der Waals surface area (Å²) >= 11 is 0. The van der Waals surface area contributed by atoms with Gasteiger partial charge in [-0.2, -0.15) is 0 Å². The van der Waals surface area contributed by atoms with E-state index in [2.05, 4.69) is 5.32 Å². The van der Waals surface area contributed by atoms with E-state index in [1.54, 1.807) is 4.90 Å². The van der Waals surface area contributed by atoms with Crippen LogP contribution in [0.5, 0.6) is 0 Å². The summed E-state index contributed by atoms with van der Waals surface area (Å²) < 4.78 is 0. The van der Waals surface area contributed by atoms with E-state index in [0.29, 0.717) is 6.54 Å². The second-order valence-electron chi connectivity index (χ2n) is 4.71. The molecule has 102 valence electrons. The number of rotatable bonds is 4. The minimum Gasteiger partial charge on any atom is -0.395 e. The fourth-order valence-corrected chi connectivity index (χ4v) is 2.31. The van der Waals surface area contributed by atoms with E-state index >= 15 is 0 Å². The number of aryl methyl sites for hydroxylation is 1. The predicted molar refractivity (Wildman–Crippen MR) is 71.7 cm³/mol. The van der Waals surface area contributed by atoms with Crippen LogP contribution in [0.1, 0.15) is 12.0 Å². The number of benzene rings is 1. The van der Waals surface area contributed by atoms with Crippen molar-refractivity contribution in [1.82, 2.24) is 5.32 Å². The zero-order chi connectivity index (χ0) is 13.8. The van der Waals surface area contributed by atoms with Crippen LogP contribution in [0.2, 0.25) is 0 Å². The number of hydrogen-bond acceptors (Lipinski definition) is 3. The Kier molecular flexibility index (Phi) is 4.16. The third-order valence-corrected chi connectivity index (χ3v) is 3.31. The molecule has 0 saturated carbocycles. The lowest BCUT2D eigenvalue weighted by molar-refractivity contribution is -0.126. The minimum absolute atomic E-state index is 0.0292. The van der Waals surface area contributed by atoms with Gasteiger partial charge in [0.2, 0.25) is 11.8 Å². The summed E-state index contributed by atoms with van der Waals surface area (Å²) in [6.07, 6.45) is 0.228. The molecule has 2 N–H and O–H groups in total. The van der Waals surface area contributed by atoms with Gasteiger partial charge in [-0.25, -0.2) is 0 Å². The molecule has 0 aromatic heterocycles. The van der Waals surface area contributed by atoms with Crippen molar-refractivity contribution in [2.45, 2.75) is 13.3 Å². The van der Waals surface area contributed by atoms with Gasteiger partial charge in [0.1, 0.15) is 0 Å². The number of anilines is 1. The van der Waals surface area contributed by atoms with Gasteiger partial charge in [-0.3, -0.25) is 9.59 Å². The van der Waals surface area contributed by atoms with Crippen LogP contribution in [-0.2, 0) is 9.59 Å². The molecule has 1 aliphatic heterocycles. The largest absolute Gasteiger partial charge is 0.395 e. The number of carbonyl (C=O) groups is 2. The van der Waals surface area contributed by atoms with Gasteiger partial charge in [-0.05, 0) is 18.6 Å². The molecule has 1 aromatic rings. The van der Waals surface area contributed by atoms with Gasteiger partial charge < -0.3 is 15.3 Å². The highest BCUT2D eigenvalue weighted by molar-refractivity contribution is 6.00. The van der Waals surface area contributed by atoms with Crippen LogP contribution < -0.4 is 10.2 Å². The Morgan fingerprint density at radius 3 is 2.89 bits per heavy atom. The van der Waals surface area contributed by atoms with Crippen LogP contribution in [0.15, 0.2) is 24.3 Å². The van der Waals surface area contributed by atoms with E-state index in [-0.39, 0.29) is 37.3 Å². The third-order valence-electron chi connectivity index (χ3n) is 3.31. The smallest absolute Gasteiger partial charge is 0.227 e. The molecule has 1 aliphatic rings. The average molecular weight is 262 g/mol. The Hall–Kier alpha value is -1.88. The molecule has 1 unspecified atom stereocenters. The van der Waals surface area contributed by atoms with Crippen molar-refractivity contribution in [3.05, 3.63) is 29.8 Å². The number of nitrogens with zero attached hydrogens (tertiary/aromatic N) is 1. The Labute approximate surface area is 112 Å². The number of carbonyl (C=O) groups excluding carboxylic acids is 2. The summed E-state index contributed by atoms with van der Waals surface area (Å²) in [7, 11) is 0. The summed E-state index contributed by atoms with van der Waals surface area (Å²) in [6, 6.07) is 7.64. The van der Waals surface area contributed by atoms with E-state index in [0.717, 1.165) is 11.3 Å². The van der Waals surface area contributed by atoms with Gasteiger partial charge in [0.15, 0.2) is 0 Å². The highest BCUT2D eigenvalue weighted by Gasteiger charge is 2.35. The molecule has 1 saturated heterocycles. The fraction of sp³-hybridized carbons (Fsp3) is 0.429. The molecule has 0 bridgehead atoms. The number of aliphatic hydroxyl groups is 1. The van der Waals surface area contributed by atoms with Gasteiger partial charge in [-0.1, -0.05) is 18.2 Å². The standard InChI is InChI=1S/C14H18N2O3/c1-10-4-2-3-5-12(10)16-9-11(8-13(16)18)14(19)15-6-7-17/h2-5,11,17H,6-9H2,1H3,(H,15,19). The van der Waals surface area contributed by atoms with Crippen molar-refractivity contribution in [2.24, 2.45) is 5.92 Å². The second-order valence-corrected chi connectivity index (χ2v) is 4.71. The molecule has 0 aliphatic carbocycles. The van der Waals surface area contributed by atoms with E-state index in [1.807, 2.05) is 31.2 Å². The first kappa shape index (κ1) is 13.5. The zero-order valence-corrected chi connectivity index (χ0v) is 10.9. The SMILES string of the molecule is Cc1ccccc1N1CC(C(=O)NCCO)CC1=O. The second kappa shape index (κ2) is 5.84. The van der Waals surface area contributed by atoms with Crippen molar-refractivity contribution in [1.29, 1.82) is 0 Å². The van der Waals surface area contributed by atoms with Crippen molar-refractivity contribution in [3.63, 3.8) is 0 Å². The Morgan fingerprint density at radius 1 is 1.47 bits per heavy atom. The molecule has 5 nitrogen and oxygen atoms in total. The van der Waals surface area contributed by atoms with Gasteiger partial charge in [0.25, 0.3) is 0 Å². The molecule has 19 heavy (non-hydrogen) atoms. The predicted octanol–water partition coefficient (Wildman–Crippen LogP) is 0.456. The number of aliphatic hydroxyl groups excluding tert-OH is 1. The summed E-state index contributed by atoms with van der Waals surface area (Å²) in [4.78, 5) is 25.5. The van der Waals surface area contributed by atoms with Crippen LogP contribution in [0.25, 0.3) is 0 Å². The van der Waals surface area contributed by atoms with Crippen LogP contribution in [0.4, 0.5) is 5.69 Å². The van der Waals surface area contributed by atoms with Crippen molar-refractivity contribution in [2.75, 3.05) is 24.6 Å². The molecule has 5 heteroatoms. The Balaban J connectivity index is 2.08. The van der Waals surface area contributed by atoms with Crippen LogP contribution in [-0.4, -0.2) is 36.6 Å². The highest BCUT2D eigenvalue weighted by atomic mass is 16.3. The van der Waals surface area contributed by atoms with E-state index in [4.69, 9.17) is 5.11 Å². The molecular weight excluding hydrogens is 244 g/mol. The Morgan fingerprint density at radius 2 is 2.21 bits per heavy atom. The summed E-state index contributed by atoms with van der Waals surface area (Å²) in [5.41, 5.74) is 1.89. The number of amides is 2. The molecule has 1 aromatic carbocycles. The molecule has 2 rings (SSSR count). The molecule has 1 fully saturated rings. The first-order chi connectivity index (χ1) is 9.13.